The summed E-state index contributed by atoms with van der Waals surface area (Å²) in [7, 11) is -1.59. The van der Waals surface area contributed by atoms with Crippen LogP contribution in [-0.4, -0.2) is 14.4 Å². The van der Waals surface area contributed by atoms with Crippen molar-refractivity contribution in [2.45, 2.75) is 84.0 Å². The van der Waals surface area contributed by atoms with Gasteiger partial charge in [0.2, 0.25) is 0 Å². The molecule has 0 spiro atoms. The lowest BCUT2D eigenvalue weighted by atomic mass is 9.82. The molecular formula is C22H36OSi. The highest BCUT2D eigenvalue weighted by Gasteiger charge is 2.36. The van der Waals surface area contributed by atoms with Crippen LogP contribution in [0.2, 0.25) is 18.1 Å². The molecule has 0 radical (unpaired) electrons. The fourth-order valence-electron chi connectivity index (χ4n) is 4.16. The zero-order valence-electron chi connectivity index (χ0n) is 16.2. The largest absolute Gasteiger partial charge is 0.410 e. The van der Waals surface area contributed by atoms with Crippen LogP contribution in [0.1, 0.15) is 65.4 Å². The van der Waals surface area contributed by atoms with E-state index in [1.807, 2.05) is 0 Å². The molecule has 1 aromatic rings. The maximum Gasteiger partial charge on any atom is 0.192 e. The molecule has 0 saturated heterocycles. The van der Waals surface area contributed by atoms with Gasteiger partial charge >= 0.3 is 0 Å². The number of rotatable bonds is 8. The molecule has 1 nitrogen and oxygen atoms in total. The summed E-state index contributed by atoms with van der Waals surface area (Å²) in [5.74, 6) is 0.718. The third kappa shape index (κ3) is 5.06. The van der Waals surface area contributed by atoms with Gasteiger partial charge in [-0.25, -0.2) is 0 Å². The van der Waals surface area contributed by atoms with Gasteiger partial charge in [0.25, 0.3) is 0 Å². The zero-order valence-corrected chi connectivity index (χ0v) is 17.2. The van der Waals surface area contributed by atoms with E-state index in [9.17, 15) is 0 Å². The molecule has 1 aromatic carbocycles. The van der Waals surface area contributed by atoms with Crippen LogP contribution in [0.3, 0.4) is 0 Å². The maximum atomic E-state index is 7.03. The summed E-state index contributed by atoms with van der Waals surface area (Å²) in [5, 5.41) is 0. The molecular weight excluding hydrogens is 308 g/mol. The lowest BCUT2D eigenvalue weighted by Gasteiger charge is -2.39. The highest BCUT2D eigenvalue weighted by Crippen LogP contribution is 2.36. The summed E-state index contributed by atoms with van der Waals surface area (Å²) in [5.41, 5.74) is 2.73. The van der Waals surface area contributed by atoms with Crippen molar-refractivity contribution in [1.82, 2.24) is 0 Å². The minimum atomic E-state index is -1.59. The summed E-state index contributed by atoms with van der Waals surface area (Å²) >= 11 is 0. The van der Waals surface area contributed by atoms with Gasteiger partial charge in [-0.05, 0) is 55.0 Å². The van der Waals surface area contributed by atoms with Gasteiger partial charge in [-0.1, -0.05) is 76.4 Å². The Balaban J connectivity index is 2.26. The molecule has 1 atom stereocenters. The van der Waals surface area contributed by atoms with Crippen LogP contribution in [-0.2, 0) is 4.43 Å². The number of hydrogen-bond acceptors (Lipinski definition) is 1. The third-order valence-corrected chi connectivity index (χ3v) is 10.7. The predicted octanol–water partition coefficient (Wildman–Crippen LogP) is 7.06. The highest BCUT2D eigenvalue weighted by molar-refractivity contribution is 6.73. The SMILES string of the molecule is CC[Si](CC)(CC)O[C@H](/C(C)=C/c1ccccc1)C1CCCCC1. The van der Waals surface area contributed by atoms with Crippen LogP contribution in [0.25, 0.3) is 6.08 Å². The van der Waals surface area contributed by atoms with Crippen LogP contribution >= 0.6 is 0 Å². The second-order valence-electron chi connectivity index (χ2n) is 7.48. The minimum Gasteiger partial charge on any atom is -0.410 e. The van der Waals surface area contributed by atoms with Crippen LogP contribution in [0, 0.1) is 5.92 Å². The van der Waals surface area contributed by atoms with Gasteiger partial charge in [0.1, 0.15) is 0 Å². The van der Waals surface area contributed by atoms with Gasteiger partial charge in [-0.15, -0.1) is 0 Å². The Hall–Kier alpha value is -0.863. The first kappa shape index (κ1) is 19.5. The van der Waals surface area contributed by atoms with Gasteiger partial charge in [0.15, 0.2) is 8.32 Å². The summed E-state index contributed by atoms with van der Waals surface area (Å²) in [4.78, 5) is 0. The van der Waals surface area contributed by atoms with E-state index in [4.69, 9.17) is 4.43 Å². The molecule has 0 N–H and O–H groups in total. The third-order valence-electron chi connectivity index (χ3n) is 6.03. The number of benzene rings is 1. The summed E-state index contributed by atoms with van der Waals surface area (Å²) in [6.07, 6.45) is 9.53. The van der Waals surface area contributed by atoms with Crippen molar-refractivity contribution in [2.75, 3.05) is 0 Å². The molecule has 0 aliphatic heterocycles. The minimum absolute atomic E-state index is 0.331. The fourth-order valence-corrected chi connectivity index (χ4v) is 7.08. The van der Waals surface area contributed by atoms with E-state index in [-0.39, 0.29) is 0 Å². The Morgan fingerprint density at radius 2 is 1.62 bits per heavy atom. The molecule has 1 saturated carbocycles. The lowest BCUT2D eigenvalue weighted by molar-refractivity contribution is 0.127. The molecule has 1 aliphatic rings. The highest BCUT2D eigenvalue weighted by atomic mass is 28.4. The molecule has 0 aromatic heterocycles. The standard InChI is InChI=1S/C22H36OSi/c1-5-24(6-2,7-3)23-22(21-16-12-9-13-17-21)19(4)18-20-14-10-8-11-15-20/h8,10-11,14-15,18,21-22H,5-7,9,12-13,16-17H2,1-4H3/b19-18+/t22-/m1/s1. The summed E-state index contributed by atoms with van der Waals surface area (Å²) < 4.78 is 7.03. The zero-order chi connectivity index (χ0) is 17.4. The van der Waals surface area contributed by atoms with Crippen molar-refractivity contribution >= 4 is 14.4 Å². The Morgan fingerprint density at radius 3 is 2.17 bits per heavy atom. The van der Waals surface area contributed by atoms with Crippen molar-refractivity contribution < 1.29 is 4.43 Å². The predicted molar refractivity (Wildman–Crippen MR) is 109 cm³/mol. The van der Waals surface area contributed by atoms with E-state index in [0.717, 1.165) is 5.92 Å². The molecule has 134 valence electrons. The first-order chi connectivity index (χ1) is 11.6. The monoisotopic (exact) mass is 344 g/mol. The normalized spacial score (nSPS) is 18.6. The molecule has 0 amide bonds. The smallest absolute Gasteiger partial charge is 0.192 e. The summed E-state index contributed by atoms with van der Waals surface area (Å²) in [6.45, 7) is 9.32. The first-order valence-corrected chi connectivity index (χ1v) is 12.6. The Morgan fingerprint density at radius 1 is 1.04 bits per heavy atom. The van der Waals surface area contributed by atoms with Crippen molar-refractivity contribution in [3.8, 4) is 0 Å². The molecule has 1 aliphatic carbocycles. The average molecular weight is 345 g/mol. The van der Waals surface area contributed by atoms with Gasteiger partial charge < -0.3 is 4.43 Å². The molecule has 0 heterocycles. The van der Waals surface area contributed by atoms with E-state index in [1.165, 1.54) is 61.4 Å². The van der Waals surface area contributed by atoms with Gasteiger partial charge in [0.05, 0.1) is 6.10 Å². The molecule has 0 unspecified atom stereocenters. The van der Waals surface area contributed by atoms with Gasteiger partial charge in [0, 0.05) is 0 Å². The fraction of sp³-hybridized carbons (Fsp3) is 0.636. The maximum absolute atomic E-state index is 7.03. The Bertz CT molecular complexity index is 490. The second kappa shape index (κ2) is 9.58. The van der Waals surface area contributed by atoms with Crippen molar-refractivity contribution in [1.29, 1.82) is 0 Å². The summed E-state index contributed by atoms with van der Waals surface area (Å²) in [6, 6.07) is 14.4. The first-order valence-electron chi connectivity index (χ1n) is 10.0. The van der Waals surface area contributed by atoms with E-state index in [2.05, 4.69) is 64.1 Å². The number of hydrogen-bond donors (Lipinski definition) is 0. The van der Waals surface area contributed by atoms with E-state index < -0.39 is 8.32 Å². The van der Waals surface area contributed by atoms with Crippen molar-refractivity contribution in [3.05, 3.63) is 41.5 Å². The lowest BCUT2D eigenvalue weighted by Crippen LogP contribution is -2.43. The van der Waals surface area contributed by atoms with Crippen LogP contribution in [0.4, 0.5) is 0 Å². The van der Waals surface area contributed by atoms with Crippen molar-refractivity contribution in [2.24, 2.45) is 5.92 Å². The molecule has 1 fully saturated rings. The van der Waals surface area contributed by atoms with E-state index in [0.29, 0.717) is 6.10 Å². The average Bonchev–Trinajstić information content (AvgIpc) is 2.65. The van der Waals surface area contributed by atoms with Crippen LogP contribution in [0.5, 0.6) is 0 Å². The van der Waals surface area contributed by atoms with Crippen LogP contribution < -0.4 is 0 Å². The van der Waals surface area contributed by atoms with Crippen molar-refractivity contribution in [3.63, 3.8) is 0 Å². The van der Waals surface area contributed by atoms with Gasteiger partial charge in [-0.2, -0.15) is 0 Å². The quantitative estimate of drug-likeness (QED) is 0.459. The van der Waals surface area contributed by atoms with E-state index in [1.54, 1.807) is 0 Å². The topological polar surface area (TPSA) is 9.23 Å². The van der Waals surface area contributed by atoms with E-state index >= 15 is 0 Å². The second-order valence-corrected chi connectivity index (χ2v) is 12.2. The Kier molecular flexibility index (Phi) is 7.77. The molecule has 0 bridgehead atoms. The molecule has 2 rings (SSSR count). The van der Waals surface area contributed by atoms with Gasteiger partial charge in [-0.3, -0.25) is 0 Å². The molecule has 24 heavy (non-hydrogen) atoms. The van der Waals surface area contributed by atoms with Crippen LogP contribution in [0.15, 0.2) is 35.9 Å². The Labute approximate surface area is 150 Å². The molecule has 2 heteroatoms.